The highest BCUT2D eigenvalue weighted by Crippen LogP contribution is 2.16. The highest BCUT2D eigenvalue weighted by Gasteiger charge is 2.11. The van der Waals surface area contributed by atoms with Gasteiger partial charge in [0.1, 0.15) is 5.82 Å². The molecule has 4 heteroatoms. The molecule has 0 saturated heterocycles. The molecular formula is C13H13FN2O. The zero-order valence-electron chi connectivity index (χ0n) is 9.72. The summed E-state index contributed by atoms with van der Waals surface area (Å²) in [6.07, 6.45) is 3.51. The van der Waals surface area contributed by atoms with Crippen LogP contribution in [0.2, 0.25) is 0 Å². The Balaban J connectivity index is 2.39. The molecule has 0 N–H and O–H groups in total. The lowest BCUT2D eigenvalue weighted by molar-refractivity contribution is 0.0827. The molecule has 0 aliphatic rings. The van der Waals surface area contributed by atoms with E-state index >= 15 is 0 Å². The molecule has 2 aromatic rings. The van der Waals surface area contributed by atoms with Crippen LogP contribution >= 0.6 is 0 Å². The van der Waals surface area contributed by atoms with Gasteiger partial charge in [-0.25, -0.2) is 4.39 Å². The Labute approximate surface area is 99.1 Å². The van der Waals surface area contributed by atoms with Crippen molar-refractivity contribution in [1.29, 1.82) is 0 Å². The Bertz CT molecular complexity index is 532. The normalized spacial score (nSPS) is 10.3. The van der Waals surface area contributed by atoms with E-state index in [0.717, 1.165) is 0 Å². The van der Waals surface area contributed by atoms with Crippen molar-refractivity contribution in [2.45, 2.75) is 0 Å². The third-order valence-electron chi connectivity index (χ3n) is 2.48. The molecule has 0 saturated carbocycles. The molecule has 0 aliphatic heterocycles. The van der Waals surface area contributed by atoms with Crippen molar-refractivity contribution >= 4 is 5.91 Å². The summed E-state index contributed by atoms with van der Waals surface area (Å²) in [6, 6.07) is 8.13. The maximum absolute atomic E-state index is 13.8. The minimum atomic E-state index is -0.408. The summed E-state index contributed by atoms with van der Waals surface area (Å²) in [4.78, 5) is 13.1. The summed E-state index contributed by atoms with van der Waals surface area (Å²) in [5.41, 5.74) is 0.786. The summed E-state index contributed by atoms with van der Waals surface area (Å²) >= 11 is 0. The van der Waals surface area contributed by atoms with Gasteiger partial charge >= 0.3 is 0 Å². The number of hydrogen-bond acceptors (Lipinski definition) is 1. The summed E-state index contributed by atoms with van der Waals surface area (Å²) in [7, 11) is 3.28. The van der Waals surface area contributed by atoms with Crippen LogP contribution < -0.4 is 0 Å². The van der Waals surface area contributed by atoms with Crippen LogP contribution in [-0.4, -0.2) is 29.5 Å². The van der Waals surface area contributed by atoms with Crippen molar-refractivity contribution < 1.29 is 9.18 Å². The lowest BCUT2D eigenvalue weighted by Crippen LogP contribution is -2.21. The summed E-state index contributed by atoms with van der Waals surface area (Å²) in [5.74, 6) is -0.614. The first-order valence-electron chi connectivity index (χ1n) is 5.24. The van der Waals surface area contributed by atoms with E-state index in [9.17, 15) is 9.18 Å². The molecular weight excluding hydrogens is 219 g/mol. The molecule has 0 spiro atoms. The van der Waals surface area contributed by atoms with Crippen LogP contribution in [0.3, 0.4) is 0 Å². The lowest BCUT2D eigenvalue weighted by Gasteiger charge is -2.11. The smallest absolute Gasteiger partial charge is 0.253 e. The van der Waals surface area contributed by atoms with Crippen molar-refractivity contribution in [2.24, 2.45) is 0 Å². The molecule has 0 bridgehead atoms. The van der Waals surface area contributed by atoms with Gasteiger partial charge in [-0.3, -0.25) is 4.79 Å². The molecule has 2 rings (SSSR count). The van der Waals surface area contributed by atoms with E-state index < -0.39 is 5.82 Å². The number of carbonyl (C=O) groups is 1. The van der Waals surface area contributed by atoms with Crippen LogP contribution in [0.25, 0.3) is 5.69 Å². The second kappa shape index (κ2) is 4.41. The Hall–Kier alpha value is -2.10. The summed E-state index contributed by atoms with van der Waals surface area (Å²) in [6.45, 7) is 0. The Morgan fingerprint density at radius 3 is 2.41 bits per heavy atom. The quantitative estimate of drug-likeness (QED) is 0.780. The Morgan fingerprint density at radius 2 is 1.88 bits per heavy atom. The number of benzene rings is 1. The molecule has 1 aromatic carbocycles. The van der Waals surface area contributed by atoms with Gasteiger partial charge in [0, 0.05) is 32.1 Å². The number of carbonyl (C=O) groups excluding carboxylic acids is 1. The van der Waals surface area contributed by atoms with Crippen molar-refractivity contribution in [3.8, 4) is 5.69 Å². The first-order valence-corrected chi connectivity index (χ1v) is 5.24. The molecule has 0 aliphatic carbocycles. The average molecular weight is 232 g/mol. The maximum Gasteiger partial charge on any atom is 0.253 e. The van der Waals surface area contributed by atoms with Crippen LogP contribution in [0, 0.1) is 5.82 Å². The third-order valence-corrected chi connectivity index (χ3v) is 2.48. The third kappa shape index (κ3) is 2.20. The van der Waals surface area contributed by atoms with Crippen LogP contribution in [0.4, 0.5) is 4.39 Å². The highest BCUT2D eigenvalue weighted by molar-refractivity contribution is 5.94. The summed E-state index contributed by atoms with van der Waals surface area (Å²) < 4.78 is 15.5. The van der Waals surface area contributed by atoms with Gasteiger partial charge in [0.05, 0.1) is 5.69 Å². The van der Waals surface area contributed by atoms with Gasteiger partial charge < -0.3 is 9.47 Å². The standard InChI is InChI=1S/C13H13FN2O/c1-15(2)13(17)10-5-6-12(11(14)9-10)16-7-3-4-8-16/h3-9H,1-2H3. The maximum atomic E-state index is 13.8. The van der Waals surface area contributed by atoms with Gasteiger partial charge in [-0.15, -0.1) is 0 Å². The van der Waals surface area contributed by atoms with Gasteiger partial charge in [-0.05, 0) is 30.3 Å². The number of rotatable bonds is 2. The van der Waals surface area contributed by atoms with Crippen molar-refractivity contribution in [3.05, 3.63) is 54.1 Å². The predicted octanol–water partition coefficient (Wildman–Crippen LogP) is 2.32. The van der Waals surface area contributed by atoms with Crippen molar-refractivity contribution in [3.63, 3.8) is 0 Å². The molecule has 0 fully saturated rings. The molecule has 1 heterocycles. The van der Waals surface area contributed by atoms with E-state index in [0.29, 0.717) is 11.3 Å². The number of aromatic nitrogens is 1. The fraction of sp³-hybridized carbons (Fsp3) is 0.154. The summed E-state index contributed by atoms with van der Waals surface area (Å²) in [5, 5.41) is 0. The largest absolute Gasteiger partial charge is 0.345 e. The first kappa shape index (κ1) is 11.4. The average Bonchev–Trinajstić information content (AvgIpc) is 2.81. The van der Waals surface area contributed by atoms with Gasteiger partial charge in [0.15, 0.2) is 0 Å². The monoisotopic (exact) mass is 232 g/mol. The van der Waals surface area contributed by atoms with Gasteiger partial charge in [-0.1, -0.05) is 0 Å². The SMILES string of the molecule is CN(C)C(=O)c1ccc(-n2cccc2)c(F)c1. The van der Waals surface area contributed by atoms with Gasteiger partial charge in [0.2, 0.25) is 0 Å². The van der Waals surface area contributed by atoms with Crippen LogP contribution in [-0.2, 0) is 0 Å². The first-order chi connectivity index (χ1) is 8.09. The molecule has 1 aromatic heterocycles. The van der Waals surface area contributed by atoms with Crippen LogP contribution in [0.5, 0.6) is 0 Å². The number of amides is 1. The van der Waals surface area contributed by atoms with Crippen molar-refractivity contribution in [1.82, 2.24) is 9.47 Å². The number of halogens is 1. The fourth-order valence-electron chi connectivity index (χ4n) is 1.60. The molecule has 17 heavy (non-hydrogen) atoms. The fourth-order valence-corrected chi connectivity index (χ4v) is 1.60. The highest BCUT2D eigenvalue weighted by atomic mass is 19.1. The second-order valence-electron chi connectivity index (χ2n) is 3.96. The van der Waals surface area contributed by atoms with E-state index in [1.54, 1.807) is 43.2 Å². The van der Waals surface area contributed by atoms with Crippen molar-refractivity contribution in [2.75, 3.05) is 14.1 Å². The van der Waals surface area contributed by atoms with Gasteiger partial charge in [0.25, 0.3) is 5.91 Å². The minimum Gasteiger partial charge on any atom is -0.345 e. The molecule has 88 valence electrons. The zero-order valence-corrected chi connectivity index (χ0v) is 9.72. The second-order valence-corrected chi connectivity index (χ2v) is 3.96. The van der Waals surface area contributed by atoms with Gasteiger partial charge in [-0.2, -0.15) is 0 Å². The molecule has 0 atom stereocenters. The topological polar surface area (TPSA) is 25.2 Å². The Kier molecular flexibility index (Phi) is 2.95. The minimum absolute atomic E-state index is 0.206. The molecule has 0 unspecified atom stereocenters. The van der Waals surface area contributed by atoms with E-state index in [1.807, 2.05) is 12.1 Å². The van der Waals surface area contributed by atoms with E-state index in [2.05, 4.69) is 0 Å². The van der Waals surface area contributed by atoms with Crippen LogP contribution in [0.1, 0.15) is 10.4 Å². The van der Waals surface area contributed by atoms with E-state index in [-0.39, 0.29) is 5.91 Å². The molecule has 1 amide bonds. The lowest BCUT2D eigenvalue weighted by atomic mass is 10.1. The Morgan fingerprint density at radius 1 is 1.24 bits per heavy atom. The van der Waals surface area contributed by atoms with E-state index in [1.165, 1.54) is 11.0 Å². The number of hydrogen-bond donors (Lipinski definition) is 0. The predicted molar refractivity (Wildman–Crippen MR) is 63.7 cm³/mol. The zero-order chi connectivity index (χ0) is 12.4. The van der Waals surface area contributed by atoms with Crippen LogP contribution in [0.15, 0.2) is 42.7 Å². The van der Waals surface area contributed by atoms with E-state index in [4.69, 9.17) is 0 Å². The number of nitrogens with zero attached hydrogens (tertiary/aromatic N) is 2. The molecule has 3 nitrogen and oxygen atoms in total. The molecule has 0 radical (unpaired) electrons.